The van der Waals surface area contributed by atoms with Gasteiger partial charge in [-0.15, -0.1) is 0 Å². The summed E-state index contributed by atoms with van der Waals surface area (Å²) in [6.45, 7) is 2.07. The molecule has 0 aliphatic heterocycles. The molecule has 0 radical (unpaired) electrons. The SMILES string of the molecule is Cc1ccc2cn[nH]c2c1.[HH]. The van der Waals surface area contributed by atoms with Crippen LogP contribution in [0.15, 0.2) is 24.4 Å². The summed E-state index contributed by atoms with van der Waals surface area (Å²) in [6, 6.07) is 6.23. The third-order valence-corrected chi connectivity index (χ3v) is 1.60. The number of H-pyrrole nitrogens is 1. The van der Waals surface area contributed by atoms with E-state index in [0.29, 0.717) is 0 Å². The number of aromatic nitrogens is 2. The van der Waals surface area contributed by atoms with Crippen LogP contribution in [-0.2, 0) is 0 Å². The van der Waals surface area contributed by atoms with Crippen LogP contribution in [0.5, 0.6) is 0 Å². The highest BCUT2D eigenvalue weighted by Crippen LogP contribution is 2.10. The fourth-order valence-corrected chi connectivity index (χ4v) is 1.05. The standard InChI is InChI=1S/C8H8N2.H2/c1-6-2-3-7-5-9-10-8(7)4-6;/h2-5H,1H3,(H,9,10);1H. The molecule has 0 amide bonds. The van der Waals surface area contributed by atoms with Crippen molar-refractivity contribution in [3.8, 4) is 0 Å². The number of aromatic amines is 1. The summed E-state index contributed by atoms with van der Waals surface area (Å²) in [5.74, 6) is 0. The van der Waals surface area contributed by atoms with Gasteiger partial charge in [0, 0.05) is 6.81 Å². The smallest absolute Gasteiger partial charge is 0.0652 e. The van der Waals surface area contributed by atoms with Gasteiger partial charge in [-0.3, -0.25) is 5.10 Å². The lowest BCUT2D eigenvalue weighted by molar-refractivity contribution is 1.12. The van der Waals surface area contributed by atoms with Crippen LogP contribution >= 0.6 is 0 Å². The summed E-state index contributed by atoms with van der Waals surface area (Å²) >= 11 is 0. The quantitative estimate of drug-likeness (QED) is 0.587. The van der Waals surface area contributed by atoms with Crippen molar-refractivity contribution in [1.82, 2.24) is 10.2 Å². The minimum Gasteiger partial charge on any atom is -0.278 e. The lowest BCUT2D eigenvalue weighted by atomic mass is 10.2. The van der Waals surface area contributed by atoms with Crippen molar-refractivity contribution in [3.05, 3.63) is 30.0 Å². The first-order chi connectivity index (χ1) is 4.86. The molecular formula is C8H10N2. The lowest BCUT2D eigenvalue weighted by Crippen LogP contribution is -1.70. The third-order valence-electron chi connectivity index (χ3n) is 1.60. The zero-order chi connectivity index (χ0) is 6.97. The Hall–Kier alpha value is -1.31. The van der Waals surface area contributed by atoms with E-state index in [-0.39, 0.29) is 1.43 Å². The molecular weight excluding hydrogens is 124 g/mol. The van der Waals surface area contributed by atoms with Crippen LogP contribution in [0.2, 0.25) is 0 Å². The van der Waals surface area contributed by atoms with Crippen molar-refractivity contribution in [2.75, 3.05) is 0 Å². The minimum absolute atomic E-state index is 0. The molecule has 10 heavy (non-hydrogen) atoms. The molecule has 0 aliphatic carbocycles. The molecule has 0 bridgehead atoms. The number of benzene rings is 1. The van der Waals surface area contributed by atoms with Gasteiger partial charge in [0.2, 0.25) is 0 Å². The predicted octanol–water partition coefficient (Wildman–Crippen LogP) is 2.12. The van der Waals surface area contributed by atoms with Gasteiger partial charge in [0.15, 0.2) is 0 Å². The highest BCUT2D eigenvalue weighted by atomic mass is 15.1. The van der Waals surface area contributed by atoms with E-state index in [1.165, 1.54) is 10.9 Å². The zero-order valence-corrected chi connectivity index (χ0v) is 5.76. The third kappa shape index (κ3) is 0.692. The van der Waals surface area contributed by atoms with Crippen LogP contribution in [-0.4, -0.2) is 10.2 Å². The Morgan fingerprint density at radius 2 is 2.40 bits per heavy atom. The maximum absolute atomic E-state index is 3.92. The van der Waals surface area contributed by atoms with Gasteiger partial charge in [-0.25, -0.2) is 0 Å². The van der Waals surface area contributed by atoms with Crippen molar-refractivity contribution >= 4 is 10.9 Å². The van der Waals surface area contributed by atoms with E-state index >= 15 is 0 Å². The van der Waals surface area contributed by atoms with Gasteiger partial charge in [0.25, 0.3) is 0 Å². The Bertz CT molecular complexity index is 354. The molecule has 2 rings (SSSR count). The molecule has 0 atom stereocenters. The van der Waals surface area contributed by atoms with E-state index in [9.17, 15) is 0 Å². The second-order valence-electron chi connectivity index (χ2n) is 2.46. The van der Waals surface area contributed by atoms with E-state index < -0.39 is 0 Å². The van der Waals surface area contributed by atoms with Crippen molar-refractivity contribution in [1.29, 1.82) is 0 Å². The first-order valence-corrected chi connectivity index (χ1v) is 3.26. The lowest BCUT2D eigenvalue weighted by Gasteiger charge is -1.89. The predicted molar refractivity (Wildman–Crippen MR) is 42.9 cm³/mol. The molecule has 1 aromatic heterocycles. The largest absolute Gasteiger partial charge is 0.278 e. The van der Waals surface area contributed by atoms with Crippen molar-refractivity contribution in [3.63, 3.8) is 0 Å². The fraction of sp³-hybridized carbons (Fsp3) is 0.125. The Labute approximate surface area is 60.4 Å². The molecule has 1 heterocycles. The first-order valence-electron chi connectivity index (χ1n) is 3.26. The van der Waals surface area contributed by atoms with E-state index in [4.69, 9.17) is 0 Å². The normalized spacial score (nSPS) is 10.5. The zero-order valence-electron chi connectivity index (χ0n) is 5.76. The Morgan fingerprint density at radius 1 is 1.50 bits per heavy atom. The molecule has 0 saturated heterocycles. The number of nitrogens with one attached hydrogen (secondary N) is 1. The second-order valence-corrected chi connectivity index (χ2v) is 2.46. The Morgan fingerprint density at radius 3 is 3.30 bits per heavy atom. The number of rotatable bonds is 0. The van der Waals surface area contributed by atoms with E-state index in [0.717, 1.165) is 5.52 Å². The molecule has 0 unspecified atom stereocenters. The summed E-state index contributed by atoms with van der Waals surface area (Å²) in [5.41, 5.74) is 2.37. The van der Waals surface area contributed by atoms with E-state index in [1.807, 2.05) is 6.20 Å². The van der Waals surface area contributed by atoms with Gasteiger partial charge < -0.3 is 0 Å². The molecule has 1 aromatic carbocycles. The monoisotopic (exact) mass is 134 g/mol. The maximum Gasteiger partial charge on any atom is 0.0652 e. The molecule has 0 fully saturated rings. The van der Waals surface area contributed by atoms with Crippen LogP contribution in [0, 0.1) is 6.92 Å². The summed E-state index contributed by atoms with van der Waals surface area (Å²) in [6.07, 6.45) is 1.83. The van der Waals surface area contributed by atoms with E-state index in [2.05, 4.69) is 35.3 Å². The number of fused-ring (bicyclic) bond motifs is 1. The molecule has 52 valence electrons. The maximum atomic E-state index is 3.92. The van der Waals surface area contributed by atoms with Crippen LogP contribution < -0.4 is 0 Å². The van der Waals surface area contributed by atoms with Gasteiger partial charge >= 0.3 is 0 Å². The number of hydrogen-bond acceptors (Lipinski definition) is 1. The van der Waals surface area contributed by atoms with Crippen molar-refractivity contribution in [2.24, 2.45) is 0 Å². The molecule has 2 aromatic rings. The van der Waals surface area contributed by atoms with Gasteiger partial charge in [0.1, 0.15) is 0 Å². The average Bonchev–Trinajstić information content (AvgIpc) is 2.33. The molecule has 0 spiro atoms. The highest BCUT2D eigenvalue weighted by molar-refractivity contribution is 5.78. The van der Waals surface area contributed by atoms with Crippen LogP contribution in [0.1, 0.15) is 6.99 Å². The van der Waals surface area contributed by atoms with Gasteiger partial charge in [-0.2, -0.15) is 5.10 Å². The van der Waals surface area contributed by atoms with Gasteiger partial charge in [-0.1, -0.05) is 12.1 Å². The first kappa shape index (κ1) is 5.47. The second kappa shape index (κ2) is 1.84. The van der Waals surface area contributed by atoms with Crippen molar-refractivity contribution < 1.29 is 1.43 Å². The summed E-state index contributed by atoms with van der Waals surface area (Å²) in [4.78, 5) is 0. The van der Waals surface area contributed by atoms with Crippen LogP contribution in [0.4, 0.5) is 0 Å². The number of hydrogen-bond donors (Lipinski definition) is 1. The molecule has 2 heteroatoms. The van der Waals surface area contributed by atoms with Crippen molar-refractivity contribution in [2.45, 2.75) is 6.92 Å². The molecule has 0 saturated carbocycles. The Kier molecular flexibility index (Phi) is 1.01. The average molecular weight is 134 g/mol. The summed E-state index contributed by atoms with van der Waals surface area (Å²) in [7, 11) is 0. The van der Waals surface area contributed by atoms with Crippen LogP contribution in [0.25, 0.3) is 10.9 Å². The fourth-order valence-electron chi connectivity index (χ4n) is 1.05. The highest BCUT2D eigenvalue weighted by Gasteiger charge is 1.92. The topological polar surface area (TPSA) is 28.7 Å². The number of aryl methyl sites for hydroxylation is 1. The summed E-state index contributed by atoms with van der Waals surface area (Å²) in [5, 5.41) is 8.00. The molecule has 1 N–H and O–H groups in total. The minimum atomic E-state index is 0. The molecule has 0 aliphatic rings. The summed E-state index contributed by atoms with van der Waals surface area (Å²) < 4.78 is 0. The van der Waals surface area contributed by atoms with E-state index in [1.54, 1.807) is 0 Å². The van der Waals surface area contributed by atoms with Crippen LogP contribution in [0.3, 0.4) is 0 Å². The Balaban J connectivity index is 0.000000605. The van der Waals surface area contributed by atoms with Gasteiger partial charge in [0.05, 0.1) is 11.7 Å². The number of nitrogens with zero attached hydrogens (tertiary/aromatic N) is 1. The molecule has 2 nitrogen and oxygen atoms in total. The van der Waals surface area contributed by atoms with Gasteiger partial charge in [-0.05, 0) is 18.6 Å².